The number of amides is 1. The van der Waals surface area contributed by atoms with Gasteiger partial charge in [-0.2, -0.15) is 0 Å². The van der Waals surface area contributed by atoms with E-state index in [-0.39, 0.29) is 31.7 Å². The monoisotopic (exact) mass is 384 g/mol. The van der Waals surface area contributed by atoms with Crippen molar-refractivity contribution >= 4 is 11.8 Å². The number of nitro groups is 1. The lowest BCUT2D eigenvalue weighted by Gasteiger charge is -2.37. The molecule has 0 bridgehead atoms. The van der Waals surface area contributed by atoms with E-state index in [0.717, 1.165) is 12.1 Å². The molecule has 1 aliphatic rings. The molecule has 0 spiro atoms. The first-order valence-electron chi connectivity index (χ1n) is 8.55. The summed E-state index contributed by atoms with van der Waals surface area (Å²) in [6, 6.07) is 11.7. The van der Waals surface area contributed by atoms with E-state index in [0.29, 0.717) is 5.75 Å². The van der Waals surface area contributed by atoms with Crippen LogP contribution in [0.25, 0.3) is 0 Å². The number of piperidine rings is 1. The second-order valence-corrected chi connectivity index (χ2v) is 6.28. The summed E-state index contributed by atoms with van der Waals surface area (Å²) in [6.07, 6.45) is 5.63. The zero-order valence-corrected chi connectivity index (χ0v) is 14.8. The normalized spacial score (nSPS) is 15.4. The summed E-state index contributed by atoms with van der Waals surface area (Å²) in [5.74, 6) is 2.12. The van der Waals surface area contributed by atoms with Crippen molar-refractivity contribution in [2.24, 2.45) is 0 Å². The minimum Gasteiger partial charge on any atom is -0.467 e. The summed E-state index contributed by atoms with van der Waals surface area (Å²) in [6.45, 7) is 0.510. The van der Waals surface area contributed by atoms with Crippen LogP contribution in [0.1, 0.15) is 12.8 Å². The third-order valence-corrected chi connectivity index (χ3v) is 4.46. The second-order valence-electron chi connectivity index (χ2n) is 6.28. The minimum atomic E-state index is -1.13. The van der Waals surface area contributed by atoms with Crippen LogP contribution in [-0.2, 0) is 0 Å². The lowest BCUT2D eigenvalue weighted by molar-refractivity contribution is -0.386. The van der Waals surface area contributed by atoms with Gasteiger partial charge in [0.05, 0.1) is 11.0 Å². The standard InChI is InChI=1S/C20H17FN2O5/c1-2-20(28-18-9-8-15(21)14-17(18)23(25)26)10-12-22(13-11-20)19(24)27-16-6-4-3-5-7-16/h1,3-9,14H,10-13H2. The zero-order chi connectivity index (χ0) is 20.1. The van der Waals surface area contributed by atoms with Crippen LogP contribution >= 0.6 is 0 Å². The van der Waals surface area contributed by atoms with Gasteiger partial charge in [0, 0.05) is 25.9 Å². The Hall–Kier alpha value is -3.60. The number of halogens is 1. The summed E-state index contributed by atoms with van der Waals surface area (Å²) in [5, 5.41) is 11.2. The molecule has 0 N–H and O–H groups in total. The predicted octanol–water partition coefficient (Wildman–Crippen LogP) is 3.78. The zero-order valence-electron chi connectivity index (χ0n) is 14.8. The summed E-state index contributed by atoms with van der Waals surface area (Å²) < 4.78 is 24.4. The predicted molar refractivity (Wildman–Crippen MR) is 98.5 cm³/mol. The molecule has 144 valence electrons. The first-order valence-corrected chi connectivity index (χ1v) is 8.55. The van der Waals surface area contributed by atoms with Gasteiger partial charge in [0.1, 0.15) is 11.6 Å². The number of para-hydroxylation sites is 1. The number of nitrogens with zero attached hydrogens (tertiary/aromatic N) is 2. The van der Waals surface area contributed by atoms with E-state index in [4.69, 9.17) is 15.9 Å². The summed E-state index contributed by atoms with van der Waals surface area (Å²) in [7, 11) is 0. The summed E-state index contributed by atoms with van der Waals surface area (Å²) in [5.41, 5.74) is -1.63. The van der Waals surface area contributed by atoms with E-state index in [1.54, 1.807) is 24.3 Å². The van der Waals surface area contributed by atoms with E-state index in [1.807, 2.05) is 6.07 Å². The number of nitro benzene ring substituents is 1. The maximum Gasteiger partial charge on any atom is 0.415 e. The van der Waals surface area contributed by atoms with Crippen LogP contribution in [0.2, 0.25) is 0 Å². The highest BCUT2D eigenvalue weighted by Gasteiger charge is 2.38. The molecule has 0 saturated carbocycles. The van der Waals surface area contributed by atoms with E-state index >= 15 is 0 Å². The molecule has 1 saturated heterocycles. The summed E-state index contributed by atoms with van der Waals surface area (Å²) in [4.78, 5) is 24.2. The highest BCUT2D eigenvalue weighted by atomic mass is 19.1. The van der Waals surface area contributed by atoms with Gasteiger partial charge in [0.25, 0.3) is 0 Å². The molecule has 2 aromatic rings. The third kappa shape index (κ3) is 4.20. The molecule has 1 amide bonds. The number of benzene rings is 2. The molecule has 0 atom stereocenters. The van der Waals surface area contributed by atoms with Crippen LogP contribution in [0, 0.1) is 28.3 Å². The maximum absolute atomic E-state index is 13.3. The van der Waals surface area contributed by atoms with Crippen LogP contribution in [0.4, 0.5) is 14.9 Å². The average Bonchev–Trinajstić information content (AvgIpc) is 2.70. The Morgan fingerprint density at radius 3 is 2.50 bits per heavy atom. The van der Waals surface area contributed by atoms with Crippen molar-refractivity contribution in [2.75, 3.05) is 13.1 Å². The molecular formula is C20H17FN2O5. The Bertz CT molecular complexity index is 918. The molecule has 7 nitrogen and oxygen atoms in total. The molecule has 28 heavy (non-hydrogen) atoms. The van der Waals surface area contributed by atoms with Crippen molar-refractivity contribution in [1.29, 1.82) is 0 Å². The van der Waals surface area contributed by atoms with Gasteiger partial charge in [0.15, 0.2) is 11.4 Å². The number of carbonyl (C=O) groups is 1. The number of hydrogen-bond acceptors (Lipinski definition) is 5. The van der Waals surface area contributed by atoms with E-state index < -0.39 is 28.1 Å². The van der Waals surface area contributed by atoms with Gasteiger partial charge >= 0.3 is 11.8 Å². The minimum absolute atomic E-state index is 0.107. The van der Waals surface area contributed by atoms with Crippen LogP contribution in [0.5, 0.6) is 11.5 Å². The van der Waals surface area contributed by atoms with E-state index in [9.17, 15) is 19.3 Å². The fourth-order valence-corrected chi connectivity index (χ4v) is 2.91. The highest BCUT2D eigenvalue weighted by molar-refractivity contribution is 5.70. The lowest BCUT2D eigenvalue weighted by atomic mass is 9.92. The fraction of sp³-hybridized carbons (Fsp3) is 0.250. The lowest BCUT2D eigenvalue weighted by Crippen LogP contribution is -2.49. The molecule has 1 fully saturated rings. The van der Waals surface area contributed by atoms with Crippen molar-refractivity contribution in [3.8, 4) is 23.8 Å². The third-order valence-electron chi connectivity index (χ3n) is 4.46. The van der Waals surface area contributed by atoms with Crippen molar-refractivity contribution in [1.82, 2.24) is 4.90 Å². The molecule has 8 heteroatoms. The smallest absolute Gasteiger partial charge is 0.415 e. The Morgan fingerprint density at radius 2 is 1.89 bits per heavy atom. The maximum atomic E-state index is 13.3. The fourth-order valence-electron chi connectivity index (χ4n) is 2.91. The first kappa shape index (κ1) is 19.2. The van der Waals surface area contributed by atoms with Gasteiger partial charge in [-0.15, -0.1) is 6.42 Å². The molecule has 0 radical (unpaired) electrons. The number of rotatable bonds is 4. The SMILES string of the molecule is C#CC1(Oc2ccc(F)cc2[N+](=O)[O-])CCN(C(=O)Oc2ccccc2)CC1. The average molecular weight is 384 g/mol. The Labute approximate surface area is 160 Å². The van der Waals surface area contributed by atoms with E-state index in [1.165, 1.54) is 11.0 Å². The van der Waals surface area contributed by atoms with Crippen LogP contribution in [-0.4, -0.2) is 34.6 Å². The number of terminal acetylenes is 1. The van der Waals surface area contributed by atoms with Gasteiger partial charge in [-0.25, -0.2) is 9.18 Å². The van der Waals surface area contributed by atoms with Gasteiger partial charge in [0.2, 0.25) is 0 Å². The first-order chi connectivity index (χ1) is 13.4. The molecule has 0 aliphatic carbocycles. The molecule has 2 aromatic carbocycles. The largest absolute Gasteiger partial charge is 0.467 e. The van der Waals surface area contributed by atoms with E-state index in [2.05, 4.69) is 5.92 Å². The molecule has 0 aromatic heterocycles. The summed E-state index contributed by atoms with van der Waals surface area (Å²) >= 11 is 0. The molecular weight excluding hydrogens is 367 g/mol. The number of hydrogen-bond donors (Lipinski definition) is 0. The Kier molecular flexibility index (Phi) is 5.45. The second kappa shape index (κ2) is 7.96. The topological polar surface area (TPSA) is 81.9 Å². The molecule has 3 rings (SSSR count). The van der Waals surface area contributed by atoms with Crippen molar-refractivity contribution in [3.05, 3.63) is 64.5 Å². The van der Waals surface area contributed by atoms with Crippen LogP contribution in [0.15, 0.2) is 48.5 Å². The Balaban J connectivity index is 1.68. The highest BCUT2D eigenvalue weighted by Crippen LogP contribution is 2.34. The molecule has 1 heterocycles. The van der Waals surface area contributed by atoms with Crippen molar-refractivity contribution in [3.63, 3.8) is 0 Å². The van der Waals surface area contributed by atoms with Gasteiger partial charge in [-0.3, -0.25) is 10.1 Å². The molecule has 0 unspecified atom stereocenters. The Morgan fingerprint density at radius 1 is 1.21 bits per heavy atom. The van der Waals surface area contributed by atoms with Crippen LogP contribution in [0.3, 0.4) is 0 Å². The van der Waals surface area contributed by atoms with Crippen molar-refractivity contribution in [2.45, 2.75) is 18.4 Å². The number of ether oxygens (including phenoxy) is 2. The number of likely N-dealkylation sites (tertiary alicyclic amines) is 1. The number of carbonyl (C=O) groups excluding carboxylic acids is 1. The van der Waals surface area contributed by atoms with Gasteiger partial charge in [-0.1, -0.05) is 24.1 Å². The van der Waals surface area contributed by atoms with Gasteiger partial charge < -0.3 is 14.4 Å². The van der Waals surface area contributed by atoms with Gasteiger partial charge in [-0.05, 0) is 24.3 Å². The van der Waals surface area contributed by atoms with Crippen LogP contribution < -0.4 is 9.47 Å². The van der Waals surface area contributed by atoms with Crippen molar-refractivity contribution < 1.29 is 23.6 Å². The molecule has 1 aliphatic heterocycles. The quantitative estimate of drug-likeness (QED) is 0.455.